The van der Waals surface area contributed by atoms with Crippen molar-refractivity contribution in [3.05, 3.63) is 53.9 Å². The molecule has 2 amide bonds. The zero-order valence-corrected chi connectivity index (χ0v) is 17.4. The fraction of sp³-hybridized carbons (Fsp3) is 0.435. The van der Waals surface area contributed by atoms with Gasteiger partial charge in [-0.15, -0.1) is 0 Å². The number of rotatable bonds is 6. The normalized spacial score (nSPS) is 19.3. The van der Waals surface area contributed by atoms with E-state index in [9.17, 15) is 9.59 Å². The van der Waals surface area contributed by atoms with Crippen molar-refractivity contribution in [3.8, 4) is 11.5 Å². The summed E-state index contributed by atoms with van der Waals surface area (Å²) in [5, 5.41) is 3.05. The second-order valence-electron chi connectivity index (χ2n) is 8.07. The molecule has 158 valence electrons. The number of likely N-dealkylation sites (tertiary alicyclic amines) is 1. The molecule has 2 fully saturated rings. The maximum atomic E-state index is 13.3. The summed E-state index contributed by atoms with van der Waals surface area (Å²) in [5.41, 5.74) is 1.35. The van der Waals surface area contributed by atoms with Crippen LogP contribution in [0.5, 0.6) is 11.5 Å². The van der Waals surface area contributed by atoms with Crippen molar-refractivity contribution in [1.82, 2.24) is 15.2 Å². The summed E-state index contributed by atoms with van der Waals surface area (Å²) >= 11 is 0. The van der Waals surface area contributed by atoms with Crippen molar-refractivity contribution >= 4 is 11.8 Å². The highest BCUT2D eigenvalue weighted by Crippen LogP contribution is 2.52. The summed E-state index contributed by atoms with van der Waals surface area (Å²) in [5.74, 6) is 0.639. The second-order valence-corrected chi connectivity index (χ2v) is 8.07. The highest BCUT2D eigenvalue weighted by atomic mass is 16.5. The molecule has 1 N–H and O–H groups in total. The Bertz CT molecular complexity index is 927. The first-order chi connectivity index (χ1) is 14.6. The molecule has 30 heavy (non-hydrogen) atoms. The van der Waals surface area contributed by atoms with Crippen molar-refractivity contribution in [1.29, 1.82) is 0 Å². The summed E-state index contributed by atoms with van der Waals surface area (Å²) in [4.78, 5) is 32.2. The number of carbonyl (C=O) groups excluding carboxylic acids is 2. The van der Waals surface area contributed by atoms with Gasteiger partial charge < -0.3 is 19.7 Å². The van der Waals surface area contributed by atoms with Crippen LogP contribution in [-0.4, -0.2) is 49.0 Å². The molecule has 1 saturated carbocycles. The molecular formula is C23H27N3O4. The minimum absolute atomic E-state index is 0.0134. The third-order valence-electron chi connectivity index (χ3n) is 6.45. The molecule has 7 nitrogen and oxygen atoms in total. The van der Waals surface area contributed by atoms with E-state index in [1.165, 1.54) is 7.11 Å². The molecule has 0 bridgehead atoms. The number of aromatic nitrogens is 1. The van der Waals surface area contributed by atoms with Crippen LogP contribution < -0.4 is 14.8 Å². The van der Waals surface area contributed by atoms with E-state index in [0.717, 1.165) is 24.8 Å². The fourth-order valence-electron chi connectivity index (χ4n) is 4.66. The van der Waals surface area contributed by atoms with Gasteiger partial charge in [-0.05, 0) is 42.7 Å². The zero-order chi connectivity index (χ0) is 21.1. The molecule has 1 aromatic heterocycles. The van der Waals surface area contributed by atoms with Crippen LogP contribution in [0.1, 0.15) is 35.2 Å². The van der Waals surface area contributed by atoms with Crippen LogP contribution in [0.3, 0.4) is 0 Å². The highest BCUT2D eigenvalue weighted by molar-refractivity contribution is 5.98. The second kappa shape index (κ2) is 8.34. The van der Waals surface area contributed by atoms with Crippen LogP contribution in [0.2, 0.25) is 0 Å². The lowest BCUT2D eigenvalue weighted by Crippen LogP contribution is -2.45. The van der Waals surface area contributed by atoms with E-state index in [2.05, 4.69) is 10.3 Å². The quantitative estimate of drug-likeness (QED) is 0.793. The Balaban J connectivity index is 1.50. The van der Waals surface area contributed by atoms with Gasteiger partial charge in [-0.25, -0.2) is 0 Å². The van der Waals surface area contributed by atoms with Gasteiger partial charge in [0.15, 0.2) is 11.5 Å². The number of nitrogens with zero attached hydrogens (tertiary/aromatic N) is 2. The Labute approximate surface area is 176 Å². The molecule has 1 aromatic carbocycles. The molecule has 0 radical (unpaired) electrons. The summed E-state index contributed by atoms with van der Waals surface area (Å²) in [6, 6.07) is 9.07. The van der Waals surface area contributed by atoms with Gasteiger partial charge in [0, 0.05) is 37.4 Å². The third-order valence-corrected chi connectivity index (χ3v) is 6.45. The largest absolute Gasteiger partial charge is 0.493 e. The molecule has 1 aliphatic heterocycles. The first-order valence-electron chi connectivity index (χ1n) is 10.2. The molecule has 1 aliphatic carbocycles. The van der Waals surface area contributed by atoms with E-state index in [0.29, 0.717) is 36.7 Å². The number of hydrogen-bond acceptors (Lipinski definition) is 5. The molecule has 1 unspecified atom stereocenters. The van der Waals surface area contributed by atoms with Gasteiger partial charge >= 0.3 is 0 Å². The smallest absolute Gasteiger partial charge is 0.257 e. The Hall–Kier alpha value is -3.09. The van der Waals surface area contributed by atoms with Gasteiger partial charge in [-0.2, -0.15) is 0 Å². The van der Waals surface area contributed by atoms with E-state index < -0.39 is 0 Å². The average molecular weight is 409 g/mol. The molecule has 2 heterocycles. The minimum Gasteiger partial charge on any atom is -0.493 e. The molecular weight excluding hydrogens is 382 g/mol. The van der Waals surface area contributed by atoms with Gasteiger partial charge in [0.05, 0.1) is 25.7 Å². The number of para-hydroxylation sites is 1. The van der Waals surface area contributed by atoms with E-state index in [1.54, 1.807) is 42.6 Å². The fourth-order valence-corrected chi connectivity index (χ4v) is 4.66. The van der Waals surface area contributed by atoms with Crippen LogP contribution in [0, 0.1) is 11.3 Å². The number of benzene rings is 1. The Morgan fingerprint density at radius 3 is 2.57 bits per heavy atom. The number of pyridine rings is 1. The summed E-state index contributed by atoms with van der Waals surface area (Å²) in [7, 11) is 3.08. The number of methoxy groups -OCH3 is 2. The number of hydrogen-bond donors (Lipinski definition) is 1. The maximum absolute atomic E-state index is 13.3. The van der Waals surface area contributed by atoms with E-state index in [4.69, 9.17) is 9.47 Å². The lowest BCUT2D eigenvalue weighted by Gasteiger charge is -2.41. The average Bonchev–Trinajstić information content (AvgIpc) is 3.19. The lowest BCUT2D eigenvalue weighted by atomic mass is 9.62. The molecule has 7 heteroatoms. The highest BCUT2D eigenvalue weighted by Gasteiger charge is 2.54. The van der Waals surface area contributed by atoms with Crippen molar-refractivity contribution in [2.75, 3.05) is 27.3 Å². The van der Waals surface area contributed by atoms with E-state index in [1.807, 2.05) is 12.1 Å². The summed E-state index contributed by atoms with van der Waals surface area (Å²) < 4.78 is 10.8. The van der Waals surface area contributed by atoms with Crippen LogP contribution in [0.25, 0.3) is 0 Å². The standard InChI is InChI=1S/C23H27N3O4/c1-29-19-6-3-5-17(20(19)30-2)22(28)26-14-18(23(15-26)9-4-10-23)21(27)25-13-16-7-11-24-12-8-16/h3,5-8,11-12,18H,4,9-10,13-15H2,1-2H3,(H,25,27). The monoisotopic (exact) mass is 409 g/mol. The van der Waals surface area contributed by atoms with Gasteiger partial charge in [-0.3, -0.25) is 14.6 Å². The number of nitrogens with one attached hydrogen (secondary N) is 1. The summed E-state index contributed by atoms with van der Waals surface area (Å²) in [6.07, 6.45) is 6.47. The van der Waals surface area contributed by atoms with Gasteiger partial charge in [0.25, 0.3) is 5.91 Å². The number of amides is 2. The van der Waals surface area contributed by atoms with E-state index >= 15 is 0 Å². The Morgan fingerprint density at radius 2 is 1.93 bits per heavy atom. The molecule has 1 atom stereocenters. The number of carbonyl (C=O) groups is 2. The predicted octanol–water partition coefficient (Wildman–Crippen LogP) is 2.66. The third kappa shape index (κ3) is 3.60. The van der Waals surface area contributed by atoms with Gasteiger partial charge in [-0.1, -0.05) is 12.5 Å². The topological polar surface area (TPSA) is 80.8 Å². The summed E-state index contributed by atoms with van der Waals surface area (Å²) in [6.45, 7) is 1.48. The van der Waals surface area contributed by atoms with Gasteiger partial charge in [0.1, 0.15) is 0 Å². The van der Waals surface area contributed by atoms with Crippen LogP contribution in [-0.2, 0) is 11.3 Å². The van der Waals surface area contributed by atoms with Crippen molar-refractivity contribution < 1.29 is 19.1 Å². The SMILES string of the molecule is COc1cccc(C(=O)N2CC(C(=O)NCc3ccncc3)C3(CCC3)C2)c1OC. The first kappa shape index (κ1) is 20.2. The maximum Gasteiger partial charge on any atom is 0.257 e. The van der Waals surface area contributed by atoms with Crippen LogP contribution >= 0.6 is 0 Å². The van der Waals surface area contributed by atoms with Crippen molar-refractivity contribution in [2.45, 2.75) is 25.8 Å². The van der Waals surface area contributed by atoms with Gasteiger partial charge in [0.2, 0.25) is 5.91 Å². The Morgan fingerprint density at radius 1 is 1.17 bits per heavy atom. The molecule has 1 saturated heterocycles. The predicted molar refractivity (Wildman–Crippen MR) is 111 cm³/mol. The Kier molecular flexibility index (Phi) is 5.61. The molecule has 2 aromatic rings. The number of ether oxygens (including phenoxy) is 2. The molecule has 1 spiro atoms. The first-order valence-corrected chi connectivity index (χ1v) is 10.2. The minimum atomic E-state index is -0.200. The molecule has 2 aliphatic rings. The van der Waals surface area contributed by atoms with Crippen molar-refractivity contribution in [3.63, 3.8) is 0 Å². The van der Waals surface area contributed by atoms with Crippen molar-refractivity contribution in [2.24, 2.45) is 11.3 Å². The lowest BCUT2D eigenvalue weighted by molar-refractivity contribution is -0.129. The zero-order valence-electron chi connectivity index (χ0n) is 17.4. The van der Waals surface area contributed by atoms with Crippen LogP contribution in [0.4, 0.5) is 0 Å². The van der Waals surface area contributed by atoms with E-state index in [-0.39, 0.29) is 23.1 Å². The molecule has 4 rings (SSSR count). The van der Waals surface area contributed by atoms with Crippen LogP contribution in [0.15, 0.2) is 42.7 Å².